The number of halogens is 1. The molecule has 0 spiro atoms. The molecule has 0 bridgehead atoms. The lowest BCUT2D eigenvalue weighted by Gasteiger charge is -2.19. The molecule has 2 rings (SSSR count). The molecule has 1 aliphatic carbocycles. The molecule has 4 heteroatoms. The molecule has 19 heavy (non-hydrogen) atoms. The van der Waals surface area contributed by atoms with Crippen LogP contribution in [0.1, 0.15) is 44.7 Å². The average Bonchev–Trinajstić information content (AvgIpc) is 2.75. The largest absolute Gasteiger partial charge is 0.488 e. The van der Waals surface area contributed by atoms with Gasteiger partial charge in [-0.3, -0.25) is 0 Å². The molecule has 3 unspecified atom stereocenters. The van der Waals surface area contributed by atoms with Gasteiger partial charge in [-0.05, 0) is 38.8 Å². The van der Waals surface area contributed by atoms with E-state index in [1.807, 2.05) is 13.8 Å². The average molecular weight is 267 g/mol. The molecule has 3 nitrogen and oxygen atoms in total. The van der Waals surface area contributed by atoms with Gasteiger partial charge in [-0.25, -0.2) is 4.39 Å². The van der Waals surface area contributed by atoms with E-state index in [-0.39, 0.29) is 18.0 Å². The van der Waals surface area contributed by atoms with Crippen LogP contribution < -0.4 is 10.1 Å². The predicted molar refractivity (Wildman–Crippen MR) is 72.8 cm³/mol. The van der Waals surface area contributed by atoms with Crippen molar-refractivity contribution in [1.82, 2.24) is 5.32 Å². The lowest BCUT2D eigenvalue weighted by atomic mass is 10.1. The number of ether oxygens (including phenoxy) is 1. The molecule has 0 amide bonds. The number of nitrogens with one attached hydrogen (secondary N) is 1. The molecule has 0 saturated heterocycles. The van der Waals surface area contributed by atoms with Crippen LogP contribution in [0.4, 0.5) is 4.39 Å². The molecule has 1 aliphatic rings. The second kappa shape index (κ2) is 6.35. The number of rotatable bonds is 5. The van der Waals surface area contributed by atoms with Crippen LogP contribution in [-0.2, 0) is 0 Å². The van der Waals surface area contributed by atoms with Gasteiger partial charge in [-0.1, -0.05) is 13.0 Å². The lowest BCUT2D eigenvalue weighted by molar-refractivity contribution is 0.0602. The van der Waals surface area contributed by atoms with E-state index in [2.05, 4.69) is 5.32 Å². The fraction of sp³-hybridized carbons (Fsp3) is 0.600. The first-order valence-electron chi connectivity index (χ1n) is 6.99. The second-order valence-corrected chi connectivity index (χ2v) is 5.12. The Bertz CT molecular complexity index is 425. The lowest BCUT2D eigenvalue weighted by Crippen LogP contribution is -2.25. The Morgan fingerprint density at radius 2 is 2.26 bits per heavy atom. The van der Waals surface area contributed by atoms with Crippen molar-refractivity contribution in [2.45, 2.75) is 51.4 Å². The summed E-state index contributed by atoms with van der Waals surface area (Å²) in [6, 6.07) is 4.92. The Hall–Kier alpha value is -1.13. The van der Waals surface area contributed by atoms with Crippen molar-refractivity contribution >= 4 is 0 Å². The molecule has 3 atom stereocenters. The third-order valence-electron chi connectivity index (χ3n) is 3.65. The molecule has 0 heterocycles. The number of hydrogen-bond acceptors (Lipinski definition) is 3. The first kappa shape index (κ1) is 14.3. The van der Waals surface area contributed by atoms with Crippen molar-refractivity contribution in [2.75, 3.05) is 6.54 Å². The fourth-order valence-corrected chi connectivity index (χ4v) is 2.57. The molecular formula is C15H22FNO2. The Balaban J connectivity index is 2.06. The van der Waals surface area contributed by atoms with Crippen LogP contribution in [0.3, 0.4) is 0 Å². The maximum Gasteiger partial charge on any atom is 0.131 e. The molecule has 0 aliphatic heterocycles. The first-order chi connectivity index (χ1) is 9.11. The molecule has 106 valence electrons. The van der Waals surface area contributed by atoms with Crippen molar-refractivity contribution in [3.8, 4) is 5.75 Å². The third-order valence-corrected chi connectivity index (χ3v) is 3.65. The minimum atomic E-state index is -0.427. The van der Waals surface area contributed by atoms with Crippen LogP contribution >= 0.6 is 0 Å². The molecule has 2 N–H and O–H groups in total. The number of aliphatic hydroxyl groups is 1. The zero-order valence-corrected chi connectivity index (χ0v) is 11.5. The minimum absolute atomic E-state index is 0.0175. The summed E-state index contributed by atoms with van der Waals surface area (Å²) in [7, 11) is 0. The SMILES string of the molecule is CCNC(C)c1ccc(OC2CCCC2O)cc1F. The van der Waals surface area contributed by atoms with Gasteiger partial charge < -0.3 is 15.2 Å². The summed E-state index contributed by atoms with van der Waals surface area (Å²) >= 11 is 0. The van der Waals surface area contributed by atoms with Crippen LogP contribution in [0.15, 0.2) is 18.2 Å². The van der Waals surface area contributed by atoms with Crippen molar-refractivity contribution in [3.05, 3.63) is 29.6 Å². The van der Waals surface area contributed by atoms with E-state index in [9.17, 15) is 9.50 Å². The topological polar surface area (TPSA) is 41.5 Å². The Morgan fingerprint density at radius 3 is 2.84 bits per heavy atom. The highest BCUT2D eigenvalue weighted by molar-refractivity contribution is 5.31. The Labute approximate surface area is 113 Å². The monoisotopic (exact) mass is 267 g/mol. The summed E-state index contributed by atoms with van der Waals surface area (Å²) in [4.78, 5) is 0. The normalized spacial score (nSPS) is 24.4. The van der Waals surface area contributed by atoms with E-state index in [4.69, 9.17) is 4.74 Å². The quantitative estimate of drug-likeness (QED) is 0.862. The summed E-state index contributed by atoms with van der Waals surface area (Å²) in [5, 5.41) is 12.9. The van der Waals surface area contributed by atoms with Gasteiger partial charge in [0.2, 0.25) is 0 Å². The van der Waals surface area contributed by atoms with Crippen LogP contribution in [0.25, 0.3) is 0 Å². The van der Waals surface area contributed by atoms with Crippen molar-refractivity contribution in [1.29, 1.82) is 0 Å². The predicted octanol–water partition coefficient (Wildman–Crippen LogP) is 2.79. The van der Waals surface area contributed by atoms with Gasteiger partial charge in [0.15, 0.2) is 0 Å². The molecule has 1 aromatic rings. The molecule has 0 aromatic heterocycles. The van der Waals surface area contributed by atoms with E-state index in [1.165, 1.54) is 6.07 Å². The summed E-state index contributed by atoms with van der Waals surface area (Å²) < 4.78 is 19.7. The second-order valence-electron chi connectivity index (χ2n) is 5.12. The maximum absolute atomic E-state index is 14.0. The van der Waals surface area contributed by atoms with Crippen LogP contribution in [0.2, 0.25) is 0 Å². The van der Waals surface area contributed by atoms with Gasteiger partial charge in [0.25, 0.3) is 0 Å². The van der Waals surface area contributed by atoms with E-state index in [0.29, 0.717) is 11.3 Å². The van der Waals surface area contributed by atoms with Crippen molar-refractivity contribution in [3.63, 3.8) is 0 Å². The first-order valence-corrected chi connectivity index (χ1v) is 6.99. The maximum atomic E-state index is 14.0. The van der Waals surface area contributed by atoms with Crippen molar-refractivity contribution in [2.24, 2.45) is 0 Å². The van der Waals surface area contributed by atoms with Gasteiger partial charge in [-0.15, -0.1) is 0 Å². The van der Waals surface area contributed by atoms with Crippen LogP contribution in [0.5, 0.6) is 5.75 Å². The van der Waals surface area contributed by atoms with E-state index in [0.717, 1.165) is 25.8 Å². The third kappa shape index (κ3) is 3.45. The Morgan fingerprint density at radius 1 is 1.47 bits per heavy atom. The minimum Gasteiger partial charge on any atom is -0.488 e. The van der Waals surface area contributed by atoms with Crippen LogP contribution in [-0.4, -0.2) is 23.9 Å². The summed E-state index contributed by atoms with van der Waals surface area (Å²) in [5.41, 5.74) is 0.640. The highest BCUT2D eigenvalue weighted by Gasteiger charge is 2.27. The van der Waals surface area contributed by atoms with Gasteiger partial charge in [0, 0.05) is 17.7 Å². The number of hydrogen-bond donors (Lipinski definition) is 2. The van der Waals surface area contributed by atoms with E-state index in [1.54, 1.807) is 12.1 Å². The van der Waals surface area contributed by atoms with Gasteiger partial charge >= 0.3 is 0 Å². The molecule has 1 saturated carbocycles. The van der Waals surface area contributed by atoms with Crippen LogP contribution in [0, 0.1) is 5.82 Å². The highest BCUT2D eigenvalue weighted by atomic mass is 19.1. The van der Waals surface area contributed by atoms with Gasteiger partial charge in [0.1, 0.15) is 17.7 Å². The van der Waals surface area contributed by atoms with E-state index < -0.39 is 6.10 Å². The Kier molecular flexibility index (Phi) is 4.77. The van der Waals surface area contributed by atoms with Gasteiger partial charge in [-0.2, -0.15) is 0 Å². The van der Waals surface area contributed by atoms with Gasteiger partial charge in [0.05, 0.1) is 6.10 Å². The molecular weight excluding hydrogens is 245 g/mol. The zero-order chi connectivity index (χ0) is 13.8. The fourth-order valence-electron chi connectivity index (χ4n) is 2.57. The molecule has 1 aromatic carbocycles. The standard InChI is InChI=1S/C15H22FNO2/c1-3-17-10(2)12-8-7-11(9-13(12)16)19-15-6-4-5-14(15)18/h7-10,14-15,17-18H,3-6H2,1-2H3. The van der Waals surface area contributed by atoms with Crippen molar-refractivity contribution < 1.29 is 14.2 Å². The number of aliphatic hydroxyl groups excluding tert-OH is 1. The molecule has 1 fully saturated rings. The number of benzene rings is 1. The molecule has 0 radical (unpaired) electrons. The summed E-state index contributed by atoms with van der Waals surface area (Å²) in [6.45, 7) is 4.73. The highest BCUT2D eigenvalue weighted by Crippen LogP contribution is 2.27. The van der Waals surface area contributed by atoms with E-state index >= 15 is 0 Å². The zero-order valence-electron chi connectivity index (χ0n) is 11.5. The summed E-state index contributed by atoms with van der Waals surface area (Å²) in [5.74, 6) is 0.231. The summed E-state index contributed by atoms with van der Waals surface area (Å²) in [6.07, 6.45) is 1.94. The smallest absolute Gasteiger partial charge is 0.131 e.